The van der Waals surface area contributed by atoms with Crippen LogP contribution in [-0.2, 0) is 0 Å². The second-order valence-electron chi connectivity index (χ2n) is 2.19. The summed E-state index contributed by atoms with van der Waals surface area (Å²) < 4.78 is 2.30. The molecule has 1 fully saturated rings. The first-order valence-electron chi connectivity index (χ1n) is 3.11. The predicted octanol–water partition coefficient (Wildman–Crippen LogP) is 1.28. The molecule has 0 nitrogen and oxygen atoms in total. The summed E-state index contributed by atoms with van der Waals surface area (Å²) in [4.78, 5) is 0. The van der Waals surface area contributed by atoms with Gasteiger partial charge < -0.3 is 0 Å². The van der Waals surface area contributed by atoms with Crippen molar-refractivity contribution in [2.45, 2.75) is 19.3 Å². The van der Waals surface area contributed by atoms with Gasteiger partial charge in [0.1, 0.15) is 0 Å². The van der Waals surface area contributed by atoms with E-state index in [1.807, 2.05) is 0 Å². The second kappa shape index (κ2) is 3.61. The van der Waals surface area contributed by atoms with Gasteiger partial charge in [-0.3, -0.25) is 0 Å². The summed E-state index contributed by atoms with van der Waals surface area (Å²) in [5, 5.41) is 0. The van der Waals surface area contributed by atoms with Crippen LogP contribution < -0.4 is 0 Å². The predicted molar refractivity (Wildman–Crippen MR) is 41.5 cm³/mol. The zero-order valence-corrected chi connectivity index (χ0v) is 9.13. The molecular weight excluding hydrogens is 231 g/mol. The van der Waals surface area contributed by atoms with Crippen molar-refractivity contribution < 1.29 is 0 Å². The first-order valence-corrected chi connectivity index (χ1v) is 5.34. The van der Waals surface area contributed by atoms with E-state index in [-0.39, 0.29) is 0 Å². The minimum absolute atomic E-state index is 1.27. The molecule has 2 heteroatoms. The van der Waals surface area contributed by atoms with Crippen molar-refractivity contribution in [1.82, 2.24) is 0 Å². The van der Waals surface area contributed by atoms with E-state index in [4.69, 9.17) is 0 Å². The van der Waals surface area contributed by atoms with E-state index in [1.54, 1.807) is 5.57 Å². The van der Waals surface area contributed by atoms with Crippen molar-refractivity contribution in [2.24, 2.45) is 0 Å². The molecule has 1 aliphatic carbocycles. The molecule has 0 spiro atoms. The van der Waals surface area contributed by atoms with E-state index in [1.165, 1.54) is 47.4 Å². The van der Waals surface area contributed by atoms with Gasteiger partial charge in [-0.15, -0.1) is 0 Å². The van der Waals surface area contributed by atoms with E-state index in [0.29, 0.717) is 0 Å². The van der Waals surface area contributed by atoms with Crippen LogP contribution in [0.5, 0.6) is 0 Å². The normalized spacial score (nSPS) is 28.1. The molecule has 43 valence electrons. The molecule has 1 saturated carbocycles. The molecule has 0 unspecified atom stereocenters. The number of allylic oxidation sites excluding steroid dienone is 2. The molecular formula is C7H8SiSn+. The van der Waals surface area contributed by atoms with Crippen molar-refractivity contribution >= 4 is 32.8 Å². The molecule has 0 aromatic heterocycles. The second-order valence-corrected chi connectivity index (χ2v) is 3.31. The standard InChI is InChI=1S/C7H8Si.Sn/c1-6-3-2-4-7(6)5-8;/h1,5H,2-4H2;/q;+1/b6-1?,7-5-;. The summed E-state index contributed by atoms with van der Waals surface area (Å²) in [6.07, 6.45) is 3.90. The molecule has 0 aliphatic heterocycles. The molecule has 1 rings (SSSR count). The Balaban J connectivity index is 2.75. The van der Waals surface area contributed by atoms with E-state index in [0.717, 1.165) is 0 Å². The molecule has 0 atom stereocenters. The van der Waals surface area contributed by atoms with Gasteiger partial charge in [0.2, 0.25) is 0 Å². The maximum atomic E-state index is 3.41. The average molecular weight is 239 g/mol. The quantitative estimate of drug-likeness (QED) is 0.558. The number of hydrogen-bond donors (Lipinski definition) is 0. The summed E-state index contributed by atoms with van der Waals surface area (Å²) >= 11 is 1.52. The molecule has 0 bridgehead atoms. The Hall–Kier alpha value is 0.496. The van der Waals surface area contributed by atoms with Crippen molar-refractivity contribution in [2.75, 3.05) is 0 Å². The summed E-state index contributed by atoms with van der Waals surface area (Å²) in [7, 11) is 3.41. The molecule has 0 aromatic rings. The fourth-order valence-corrected chi connectivity index (χ4v) is 2.39. The monoisotopic (exact) mass is 240 g/mol. The number of rotatable bonds is 0. The third-order valence-electron chi connectivity index (χ3n) is 1.65. The van der Waals surface area contributed by atoms with E-state index in [9.17, 15) is 0 Å². The third-order valence-corrected chi connectivity index (χ3v) is 3.00. The summed E-state index contributed by atoms with van der Waals surface area (Å²) in [6.45, 7) is 0. The molecule has 0 aromatic carbocycles. The Morgan fingerprint density at radius 1 is 1.33 bits per heavy atom. The van der Waals surface area contributed by atoms with Gasteiger partial charge in [0.25, 0.3) is 0 Å². The van der Waals surface area contributed by atoms with Gasteiger partial charge in [-0.1, -0.05) is 0 Å². The fraction of sp³-hybridized carbons (Fsp3) is 0.429. The SMILES string of the molecule is [Si]/C=C1/CCC/C1=[CH]/[Sn+]. The van der Waals surface area contributed by atoms with Gasteiger partial charge in [0.15, 0.2) is 0 Å². The zero-order chi connectivity index (χ0) is 6.69. The maximum absolute atomic E-state index is 3.41. The Labute approximate surface area is 72.9 Å². The molecule has 0 amide bonds. The fourth-order valence-electron chi connectivity index (χ4n) is 1.12. The Morgan fingerprint density at radius 3 is 2.44 bits per heavy atom. The van der Waals surface area contributed by atoms with E-state index >= 15 is 0 Å². The van der Waals surface area contributed by atoms with Gasteiger partial charge in [0.05, 0.1) is 0 Å². The number of hydrogen-bond acceptors (Lipinski definition) is 0. The Bertz CT molecular complexity index is 140. The van der Waals surface area contributed by atoms with Crippen LogP contribution in [0.2, 0.25) is 0 Å². The van der Waals surface area contributed by atoms with E-state index in [2.05, 4.69) is 20.0 Å². The first-order chi connectivity index (χ1) is 4.38. The molecule has 0 heterocycles. The van der Waals surface area contributed by atoms with Crippen LogP contribution in [0.1, 0.15) is 19.3 Å². The zero-order valence-electron chi connectivity index (χ0n) is 5.28. The van der Waals surface area contributed by atoms with Crippen molar-refractivity contribution in [1.29, 1.82) is 0 Å². The summed E-state index contributed by atoms with van der Waals surface area (Å²) in [6, 6.07) is 0. The van der Waals surface area contributed by atoms with Crippen LogP contribution in [0, 0.1) is 0 Å². The third kappa shape index (κ3) is 1.71. The van der Waals surface area contributed by atoms with Crippen molar-refractivity contribution in [3.8, 4) is 0 Å². The van der Waals surface area contributed by atoms with Gasteiger partial charge >= 0.3 is 73.0 Å². The topological polar surface area (TPSA) is 0 Å². The first kappa shape index (κ1) is 7.60. The molecule has 9 heavy (non-hydrogen) atoms. The Morgan fingerprint density at radius 2 is 2.00 bits per heavy atom. The minimum atomic E-state index is 1.27. The molecule has 0 saturated heterocycles. The van der Waals surface area contributed by atoms with Crippen molar-refractivity contribution in [3.63, 3.8) is 0 Å². The van der Waals surface area contributed by atoms with Crippen LogP contribution in [-0.4, -0.2) is 32.8 Å². The van der Waals surface area contributed by atoms with Crippen LogP contribution in [0.25, 0.3) is 0 Å². The summed E-state index contributed by atoms with van der Waals surface area (Å²) in [5.41, 5.74) is 5.12. The molecule has 0 N–H and O–H groups in total. The van der Waals surface area contributed by atoms with Gasteiger partial charge in [-0.2, -0.15) is 0 Å². The van der Waals surface area contributed by atoms with E-state index < -0.39 is 0 Å². The van der Waals surface area contributed by atoms with Gasteiger partial charge in [0, 0.05) is 0 Å². The van der Waals surface area contributed by atoms with Crippen LogP contribution in [0.3, 0.4) is 0 Å². The summed E-state index contributed by atoms with van der Waals surface area (Å²) in [5.74, 6) is 0. The van der Waals surface area contributed by atoms with Crippen molar-refractivity contribution in [3.05, 3.63) is 20.9 Å². The van der Waals surface area contributed by atoms with Crippen LogP contribution in [0.4, 0.5) is 0 Å². The van der Waals surface area contributed by atoms with Gasteiger partial charge in [-0.25, -0.2) is 0 Å². The van der Waals surface area contributed by atoms with Gasteiger partial charge in [-0.05, 0) is 0 Å². The Kier molecular flexibility index (Phi) is 3.05. The molecule has 1 aliphatic rings. The van der Waals surface area contributed by atoms with Crippen LogP contribution in [0.15, 0.2) is 20.9 Å². The van der Waals surface area contributed by atoms with Crippen LogP contribution >= 0.6 is 0 Å². The average Bonchev–Trinajstić information content (AvgIpc) is 2.33. The molecule has 5 radical (unpaired) electrons.